The molecule has 2 N–H and O–H groups in total. The third-order valence-electron chi connectivity index (χ3n) is 3.34. The maximum absolute atomic E-state index is 9.66. The van der Waals surface area contributed by atoms with Crippen LogP contribution in [0.25, 0.3) is 0 Å². The minimum atomic E-state index is -0.975. The van der Waals surface area contributed by atoms with Crippen LogP contribution in [0.2, 0.25) is 0 Å². The van der Waals surface area contributed by atoms with Gasteiger partial charge in [-0.1, -0.05) is 24.3 Å². The Morgan fingerprint density at radius 1 is 1.42 bits per heavy atom. The Morgan fingerprint density at radius 2 is 2.16 bits per heavy atom. The molecule has 1 heterocycles. The fourth-order valence-electron chi connectivity index (χ4n) is 2.30. The van der Waals surface area contributed by atoms with Crippen molar-refractivity contribution in [2.75, 3.05) is 13.7 Å². The van der Waals surface area contributed by atoms with Crippen LogP contribution in [0.4, 0.5) is 0 Å². The summed E-state index contributed by atoms with van der Waals surface area (Å²) >= 11 is 0. The molecule has 0 saturated carbocycles. The third kappa shape index (κ3) is 3.16. The van der Waals surface area contributed by atoms with Crippen molar-refractivity contribution in [3.8, 4) is 0 Å². The van der Waals surface area contributed by atoms with E-state index in [2.05, 4.69) is 0 Å². The number of fused-ring (bicyclic) bond motifs is 1. The van der Waals surface area contributed by atoms with Gasteiger partial charge in [-0.05, 0) is 17.9 Å². The highest BCUT2D eigenvalue weighted by Crippen LogP contribution is 2.15. The van der Waals surface area contributed by atoms with Gasteiger partial charge in [-0.3, -0.25) is 0 Å². The summed E-state index contributed by atoms with van der Waals surface area (Å²) in [6.45, 7) is 1.94. The first-order valence-electron chi connectivity index (χ1n) is 6.34. The number of ether oxygens (including phenoxy) is 1. The van der Waals surface area contributed by atoms with Gasteiger partial charge in [0.25, 0.3) is 0 Å². The van der Waals surface area contributed by atoms with Crippen LogP contribution in [-0.2, 0) is 20.7 Å². The molecule has 1 aromatic rings. The number of rotatable bonds is 6. The average molecular weight is 266 g/mol. The molecule has 0 spiro atoms. The molecular formula is C13H19BO5. The van der Waals surface area contributed by atoms with Crippen molar-refractivity contribution in [2.24, 2.45) is 0 Å². The second kappa shape index (κ2) is 6.50. The lowest BCUT2D eigenvalue weighted by Crippen LogP contribution is -2.46. The minimum Gasteiger partial charge on any atom is -0.403 e. The van der Waals surface area contributed by atoms with Gasteiger partial charge >= 0.3 is 7.12 Å². The number of aliphatic hydroxyl groups excluding tert-OH is 2. The van der Waals surface area contributed by atoms with Gasteiger partial charge in [-0.2, -0.15) is 0 Å². The largest absolute Gasteiger partial charge is 0.494 e. The van der Waals surface area contributed by atoms with E-state index in [0.717, 1.165) is 11.0 Å². The van der Waals surface area contributed by atoms with Crippen molar-refractivity contribution in [1.29, 1.82) is 0 Å². The Morgan fingerprint density at radius 3 is 2.84 bits per heavy atom. The summed E-state index contributed by atoms with van der Waals surface area (Å²) in [7, 11) is 1.03. The standard InChI is InChI=1S/C13H19BO5/c1-9(13(17-2)12(16)7-15)19-14-11-6-4-3-5-10(11)8-18-14/h3-6,9,12-13,15-16H,7-8H2,1-2H3/t9-,12-,13?/m1/s1. The van der Waals surface area contributed by atoms with Gasteiger partial charge in [0.05, 0.1) is 19.3 Å². The molecule has 1 aromatic carbocycles. The van der Waals surface area contributed by atoms with Crippen LogP contribution in [0.3, 0.4) is 0 Å². The second-order valence-electron chi connectivity index (χ2n) is 4.63. The molecule has 3 atom stereocenters. The van der Waals surface area contributed by atoms with E-state index in [9.17, 15) is 5.11 Å². The molecule has 2 rings (SSSR count). The number of methoxy groups -OCH3 is 1. The Bertz CT molecular complexity index is 414. The van der Waals surface area contributed by atoms with E-state index in [1.807, 2.05) is 24.3 Å². The van der Waals surface area contributed by atoms with Crippen LogP contribution in [0.15, 0.2) is 24.3 Å². The van der Waals surface area contributed by atoms with Gasteiger partial charge in [0.1, 0.15) is 12.2 Å². The molecule has 0 fully saturated rings. The molecule has 1 aliphatic rings. The maximum atomic E-state index is 9.66. The lowest BCUT2D eigenvalue weighted by molar-refractivity contribution is -0.0871. The van der Waals surface area contributed by atoms with E-state index in [-0.39, 0.29) is 6.61 Å². The zero-order chi connectivity index (χ0) is 13.8. The first-order valence-corrected chi connectivity index (χ1v) is 6.34. The smallest absolute Gasteiger partial charge is 0.403 e. The first-order chi connectivity index (χ1) is 9.17. The number of hydrogen-bond donors (Lipinski definition) is 2. The molecule has 0 saturated heterocycles. The zero-order valence-electron chi connectivity index (χ0n) is 11.2. The molecule has 0 bridgehead atoms. The SMILES string of the molecule is COC([C@H](O)CO)[C@@H](C)OB1OCc2ccccc21. The quantitative estimate of drug-likeness (QED) is 0.691. The van der Waals surface area contributed by atoms with Crippen LogP contribution < -0.4 is 5.46 Å². The summed E-state index contributed by atoms with van der Waals surface area (Å²) in [5, 5.41) is 18.6. The topological polar surface area (TPSA) is 68.2 Å². The van der Waals surface area contributed by atoms with Crippen LogP contribution in [0.5, 0.6) is 0 Å². The molecule has 0 amide bonds. The van der Waals surface area contributed by atoms with E-state index in [0.29, 0.717) is 6.61 Å². The summed E-state index contributed by atoms with van der Waals surface area (Å²) in [6, 6.07) is 7.86. The van der Waals surface area contributed by atoms with Crippen molar-refractivity contribution in [3.05, 3.63) is 29.8 Å². The Balaban J connectivity index is 2.02. The van der Waals surface area contributed by atoms with Crippen molar-refractivity contribution in [3.63, 3.8) is 0 Å². The normalized spacial score (nSPS) is 19.1. The van der Waals surface area contributed by atoms with Gasteiger partial charge in [-0.25, -0.2) is 0 Å². The van der Waals surface area contributed by atoms with Gasteiger partial charge in [0.2, 0.25) is 0 Å². The first kappa shape index (κ1) is 14.5. The highest BCUT2D eigenvalue weighted by molar-refractivity contribution is 6.62. The zero-order valence-corrected chi connectivity index (χ0v) is 11.2. The molecule has 19 heavy (non-hydrogen) atoms. The molecule has 6 heteroatoms. The minimum absolute atomic E-state index is 0.367. The maximum Gasteiger partial charge on any atom is 0.494 e. The molecule has 0 aliphatic carbocycles. The van der Waals surface area contributed by atoms with E-state index in [1.165, 1.54) is 7.11 Å². The third-order valence-corrected chi connectivity index (χ3v) is 3.34. The van der Waals surface area contributed by atoms with Gasteiger partial charge in [0, 0.05) is 7.11 Å². The second-order valence-corrected chi connectivity index (χ2v) is 4.63. The average Bonchev–Trinajstić information content (AvgIpc) is 2.83. The Kier molecular flexibility index (Phi) is 4.96. The lowest BCUT2D eigenvalue weighted by atomic mass is 9.78. The van der Waals surface area contributed by atoms with E-state index >= 15 is 0 Å². The predicted octanol–water partition coefficient (Wildman–Crippen LogP) is -0.315. The van der Waals surface area contributed by atoms with Crippen LogP contribution in [0.1, 0.15) is 12.5 Å². The monoisotopic (exact) mass is 266 g/mol. The van der Waals surface area contributed by atoms with Crippen molar-refractivity contribution >= 4 is 12.6 Å². The number of aliphatic hydroxyl groups is 2. The highest BCUT2D eigenvalue weighted by Gasteiger charge is 2.35. The van der Waals surface area contributed by atoms with Crippen molar-refractivity contribution in [1.82, 2.24) is 0 Å². The molecule has 5 nitrogen and oxygen atoms in total. The number of hydrogen-bond acceptors (Lipinski definition) is 5. The van der Waals surface area contributed by atoms with Crippen molar-refractivity contribution in [2.45, 2.75) is 31.8 Å². The fraction of sp³-hybridized carbons (Fsp3) is 0.538. The van der Waals surface area contributed by atoms with Gasteiger partial charge < -0.3 is 24.3 Å². The van der Waals surface area contributed by atoms with Crippen LogP contribution in [-0.4, -0.2) is 49.4 Å². The summed E-state index contributed by atoms with van der Waals surface area (Å²) in [6.07, 6.45) is -1.97. The van der Waals surface area contributed by atoms with Crippen LogP contribution in [0, 0.1) is 0 Å². The van der Waals surface area contributed by atoms with Crippen LogP contribution >= 0.6 is 0 Å². The van der Waals surface area contributed by atoms with Gasteiger partial charge in [-0.15, -0.1) is 0 Å². The highest BCUT2D eigenvalue weighted by atomic mass is 16.6. The predicted molar refractivity (Wildman–Crippen MR) is 71.1 cm³/mol. The fourth-order valence-corrected chi connectivity index (χ4v) is 2.30. The molecule has 1 aliphatic heterocycles. The Hall–Kier alpha value is -0.915. The van der Waals surface area contributed by atoms with E-state index < -0.39 is 25.4 Å². The molecule has 0 aromatic heterocycles. The molecule has 1 unspecified atom stereocenters. The Labute approximate surface area is 113 Å². The summed E-state index contributed by atoms with van der Waals surface area (Å²) in [4.78, 5) is 0. The molecular weight excluding hydrogens is 247 g/mol. The van der Waals surface area contributed by atoms with Crippen molar-refractivity contribution < 1.29 is 24.3 Å². The summed E-state index contributed by atoms with van der Waals surface area (Å²) in [5.41, 5.74) is 2.11. The van der Waals surface area contributed by atoms with Gasteiger partial charge in [0.15, 0.2) is 0 Å². The van der Waals surface area contributed by atoms with E-state index in [4.69, 9.17) is 19.2 Å². The summed E-state index contributed by atoms with van der Waals surface area (Å²) < 4.78 is 16.5. The van der Waals surface area contributed by atoms with E-state index in [1.54, 1.807) is 6.92 Å². The lowest BCUT2D eigenvalue weighted by Gasteiger charge is -2.27. The summed E-state index contributed by atoms with van der Waals surface area (Å²) in [5.74, 6) is 0. The number of benzene rings is 1. The molecule has 0 radical (unpaired) electrons. The molecule has 104 valence electrons.